The van der Waals surface area contributed by atoms with E-state index in [1.54, 1.807) is 0 Å². The van der Waals surface area contributed by atoms with E-state index in [1.165, 1.54) is 0 Å². The SMILES string of the molecule is O=C(O)NCC1CCCN1S(=O)(=O)c1cc(C(=O)Nc2cc(F)c(F)c(F)c2)ccc1F. The van der Waals surface area contributed by atoms with Gasteiger partial charge in [-0.15, -0.1) is 0 Å². The Kier molecular flexibility index (Phi) is 6.69. The van der Waals surface area contributed by atoms with E-state index in [-0.39, 0.29) is 18.7 Å². The number of rotatable bonds is 6. The zero-order valence-electron chi connectivity index (χ0n) is 16.2. The van der Waals surface area contributed by atoms with Gasteiger partial charge in [-0.2, -0.15) is 4.31 Å². The molecule has 1 heterocycles. The van der Waals surface area contributed by atoms with Gasteiger partial charge in [-0.3, -0.25) is 4.79 Å². The number of halogens is 4. The Morgan fingerprint density at radius 3 is 2.34 bits per heavy atom. The fourth-order valence-corrected chi connectivity index (χ4v) is 5.12. The molecule has 1 fully saturated rings. The number of nitrogens with zero attached hydrogens (tertiary/aromatic N) is 1. The molecule has 2 aromatic carbocycles. The van der Waals surface area contributed by atoms with Crippen molar-refractivity contribution < 1.29 is 40.7 Å². The zero-order chi connectivity index (χ0) is 23.6. The summed E-state index contributed by atoms with van der Waals surface area (Å²) in [6.07, 6.45) is -0.565. The predicted molar refractivity (Wildman–Crippen MR) is 104 cm³/mol. The minimum Gasteiger partial charge on any atom is -0.465 e. The highest BCUT2D eigenvalue weighted by molar-refractivity contribution is 7.89. The van der Waals surface area contributed by atoms with E-state index in [9.17, 15) is 35.6 Å². The molecule has 172 valence electrons. The summed E-state index contributed by atoms with van der Waals surface area (Å²) in [7, 11) is -4.44. The minimum absolute atomic E-state index is 0.0261. The van der Waals surface area contributed by atoms with Crippen LogP contribution in [0.3, 0.4) is 0 Å². The standard InChI is InChI=1S/C19H17F4N3O5S/c20-13-4-3-10(18(27)25-11-7-14(21)17(23)15(22)8-11)6-16(13)32(30,31)26-5-1-2-12(26)9-24-19(28)29/h3-4,6-8,12,24H,1-2,5,9H2,(H,25,27)(H,28,29). The lowest BCUT2D eigenvalue weighted by molar-refractivity contribution is 0.102. The maximum absolute atomic E-state index is 14.4. The van der Waals surface area contributed by atoms with Crippen molar-refractivity contribution in [3.8, 4) is 0 Å². The molecule has 1 atom stereocenters. The molecule has 8 nitrogen and oxygen atoms in total. The number of hydrogen-bond acceptors (Lipinski definition) is 4. The fourth-order valence-electron chi connectivity index (χ4n) is 3.33. The van der Waals surface area contributed by atoms with Crippen LogP contribution in [0.2, 0.25) is 0 Å². The summed E-state index contributed by atoms with van der Waals surface area (Å²) in [6.45, 7) is -0.170. The van der Waals surface area contributed by atoms with Crippen molar-refractivity contribution in [2.45, 2.75) is 23.8 Å². The first-order chi connectivity index (χ1) is 15.0. The highest BCUT2D eigenvalue weighted by Gasteiger charge is 2.37. The van der Waals surface area contributed by atoms with Crippen LogP contribution < -0.4 is 10.6 Å². The van der Waals surface area contributed by atoms with Crippen LogP contribution in [-0.2, 0) is 10.0 Å². The van der Waals surface area contributed by atoms with E-state index in [0.29, 0.717) is 25.0 Å². The van der Waals surface area contributed by atoms with Gasteiger partial charge in [0, 0.05) is 42.5 Å². The van der Waals surface area contributed by atoms with Crippen molar-refractivity contribution in [1.82, 2.24) is 9.62 Å². The molecule has 2 aromatic rings. The number of carbonyl (C=O) groups excluding carboxylic acids is 1. The second-order valence-electron chi connectivity index (χ2n) is 6.95. The summed E-state index contributed by atoms with van der Waals surface area (Å²) >= 11 is 0. The Morgan fingerprint density at radius 1 is 1.06 bits per heavy atom. The number of anilines is 1. The molecule has 0 spiro atoms. The minimum atomic E-state index is -4.44. The monoisotopic (exact) mass is 475 g/mol. The molecule has 0 bridgehead atoms. The second-order valence-corrected chi connectivity index (χ2v) is 8.81. The molecule has 1 aliphatic rings. The van der Waals surface area contributed by atoms with Gasteiger partial charge in [-0.25, -0.2) is 30.8 Å². The Labute approximate surface area is 179 Å². The smallest absolute Gasteiger partial charge is 0.404 e. The van der Waals surface area contributed by atoms with Crippen LogP contribution in [0.15, 0.2) is 35.2 Å². The lowest BCUT2D eigenvalue weighted by atomic mass is 10.2. The van der Waals surface area contributed by atoms with Crippen molar-refractivity contribution in [2.24, 2.45) is 0 Å². The molecule has 32 heavy (non-hydrogen) atoms. The third-order valence-electron chi connectivity index (χ3n) is 4.83. The maximum Gasteiger partial charge on any atom is 0.404 e. The number of nitrogens with one attached hydrogen (secondary N) is 2. The lowest BCUT2D eigenvalue weighted by Gasteiger charge is -2.24. The van der Waals surface area contributed by atoms with Crippen molar-refractivity contribution in [2.75, 3.05) is 18.4 Å². The van der Waals surface area contributed by atoms with Gasteiger partial charge in [0.1, 0.15) is 10.7 Å². The first-order valence-corrected chi connectivity index (χ1v) is 10.7. The van der Waals surface area contributed by atoms with Gasteiger partial charge in [0.15, 0.2) is 17.5 Å². The first kappa shape index (κ1) is 23.5. The molecule has 2 amide bonds. The van der Waals surface area contributed by atoms with Crippen molar-refractivity contribution in [1.29, 1.82) is 0 Å². The van der Waals surface area contributed by atoms with Crippen molar-refractivity contribution in [3.05, 3.63) is 59.2 Å². The Balaban J connectivity index is 1.87. The molecule has 0 radical (unpaired) electrons. The van der Waals surface area contributed by atoms with Crippen LogP contribution in [0.1, 0.15) is 23.2 Å². The highest BCUT2D eigenvalue weighted by atomic mass is 32.2. The Hall–Kier alpha value is -3.19. The highest BCUT2D eigenvalue weighted by Crippen LogP contribution is 2.28. The summed E-state index contributed by atoms with van der Waals surface area (Å²) in [4.78, 5) is 22.3. The number of benzene rings is 2. The van der Waals surface area contributed by atoms with E-state index >= 15 is 0 Å². The average Bonchev–Trinajstić information content (AvgIpc) is 3.20. The lowest BCUT2D eigenvalue weighted by Crippen LogP contribution is -2.43. The Bertz CT molecular complexity index is 1150. The third-order valence-corrected chi connectivity index (χ3v) is 6.80. The van der Waals surface area contributed by atoms with E-state index in [0.717, 1.165) is 22.5 Å². The van der Waals surface area contributed by atoms with Gasteiger partial charge in [0.2, 0.25) is 10.0 Å². The molecular formula is C19H17F4N3O5S. The number of carboxylic acid groups (broad SMARTS) is 1. The van der Waals surface area contributed by atoms with Gasteiger partial charge < -0.3 is 15.7 Å². The van der Waals surface area contributed by atoms with Gasteiger partial charge in [0.05, 0.1) is 0 Å². The van der Waals surface area contributed by atoms with E-state index in [4.69, 9.17) is 5.11 Å². The molecule has 1 unspecified atom stereocenters. The molecule has 0 aliphatic carbocycles. The molecular weight excluding hydrogens is 458 g/mol. The summed E-state index contributed by atoms with van der Waals surface area (Å²) in [5.41, 5.74) is -0.769. The number of sulfonamides is 1. The molecule has 0 saturated carbocycles. The topological polar surface area (TPSA) is 116 Å². The molecule has 3 rings (SSSR count). The Morgan fingerprint density at radius 2 is 1.72 bits per heavy atom. The average molecular weight is 475 g/mol. The van der Waals surface area contributed by atoms with Crippen LogP contribution in [0.25, 0.3) is 0 Å². The first-order valence-electron chi connectivity index (χ1n) is 9.25. The second kappa shape index (κ2) is 9.12. The third kappa shape index (κ3) is 4.83. The molecule has 0 aromatic heterocycles. The van der Waals surface area contributed by atoms with Gasteiger partial charge in [0.25, 0.3) is 5.91 Å². The van der Waals surface area contributed by atoms with Crippen LogP contribution in [0.4, 0.5) is 28.0 Å². The summed E-state index contributed by atoms with van der Waals surface area (Å²) < 4.78 is 81.1. The van der Waals surface area contributed by atoms with Gasteiger partial charge in [-0.1, -0.05) is 0 Å². The molecule has 1 aliphatic heterocycles. The van der Waals surface area contributed by atoms with E-state index in [2.05, 4.69) is 10.6 Å². The van der Waals surface area contributed by atoms with Crippen LogP contribution >= 0.6 is 0 Å². The fraction of sp³-hybridized carbons (Fsp3) is 0.263. The van der Waals surface area contributed by atoms with Crippen molar-refractivity contribution >= 4 is 27.7 Å². The van der Waals surface area contributed by atoms with Crippen molar-refractivity contribution in [3.63, 3.8) is 0 Å². The summed E-state index contributed by atoms with van der Waals surface area (Å²) in [5.74, 6) is -6.97. The molecule has 13 heteroatoms. The number of hydrogen-bond donors (Lipinski definition) is 3. The number of carbonyl (C=O) groups is 2. The van der Waals surface area contributed by atoms with Gasteiger partial charge >= 0.3 is 6.09 Å². The number of amides is 2. The van der Waals surface area contributed by atoms with Crippen LogP contribution in [0, 0.1) is 23.3 Å². The maximum atomic E-state index is 14.4. The zero-order valence-corrected chi connectivity index (χ0v) is 17.1. The van der Waals surface area contributed by atoms with Crippen LogP contribution in [-0.4, -0.2) is 49.0 Å². The van der Waals surface area contributed by atoms with E-state index in [1.807, 2.05) is 0 Å². The van der Waals surface area contributed by atoms with E-state index < -0.39 is 61.9 Å². The quantitative estimate of drug-likeness (QED) is 0.439. The largest absolute Gasteiger partial charge is 0.465 e. The van der Waals surface area contributed by atoms with Gasteiger partial charge in [-0.05, 0) is 31.0 Å². The molecule has 1 saturated heterocycles. The predicted octanol–water partition coefficient (Wildman–Crippen LogP) is 2.92. The van der Waals surface area contributed by atoms with Crippen LogP contribution in [0.5, 0.6) is 0 Å². The normalized spacial score (nSPS) is 16.7. The summed E-state index contributed by atoms with van der Waals surface area (Å²) in [6, 6.07) is 2.79. The molecule has 3 N–H and O–H groups in total. The summed E-state index contributed by atoms with van der Waals surface area (Å²) in [5, 5.41) is 12.9.